The summed E-state index contributed by atoms with van der Waals surface area (Å²) >= 11 is 3.72. The third-order valence-corrected chi connectivity index (χ3v) is 7.66. The van der Waals surface area contributed by atoms with Gasteiger partial charge in [-0.15, -0.1) is 23.5 Å². The number of nitrogens with zero attached hydrogens (tertiary/aromatic N) is 1. The number of aromatic nitrogens is 2. The molecule has 1 fully saturated rings. The minimum Gasteiger partial charge on any atom is -0.462 e. The van der Waals surface area contributed by atoms with E-state index in [9.17, 15) is 13.2 Å². The number of esters is 1. The predicted octanol–water partition coefficient (Wildman–Crippen LogP) is 2.83. The Morgan fingerprint density at radius 1 is 1.28 bits per heavy atom. The van der Waals surface area contributed by atoms with Gasteiger partial charge in [0.25, 0.3) is 0 Å². The van der Waals surface area contributed by atoms with Crippen LogP contribution in [0.3, 0.4) is 0 Å². The number of carbonyl (C=O) groups is 1. The number of hydrogen-bond acceptors (Lipinski definition) is 8. The van der Waals surface area contributed by atoms with Gasteiger partial charge in [-0.25, -0.2) is 4.79 Å². The van der Waals surface area contributed by atoms with Crippen LogP contribution in [-0.2, 0) is 14.9 Å². The molecule has 0 saturated carbocycles. The van der Waals surface area contributed by atoms with E-state index in [-0.39, 0.29) is 17.9 Å². The molecule has 0 amide bonds. The molecule has 0 spiro atoms. The van der Waals surface area contributed by atoms with Gasteiger partial charge in [0.05, 0.1) is 17.4 Å². The Balaban J connectivity index is 1.78. The van der Waals surface area contributed by atoms with Gasteiger partial charge in [-0.05, 0) is 24.6 Å². The number of aromatic amines is 1. The normalized spacial score (nSPS) is 15.2. The Hall–Kier alpha value is -1.65. The number of benzene rings is 1. The van der Waals surface area contributed by atoms with Crippen molar-refractivity contribution in [2.45, 2.75) is 16.5 Å². The van der Waals surface area contributed by atoms with Crippen LogP contribution in [0.4, 0.5) is 0 Å². The summed E-state index contributed by atoms with van der Waals surface area (Å²) in [5, 5.41) is 5.48. The number of H-pyrrole nitrogens is 1. The Morgan fingerprint density at radius 3 is 2.60 bits per heavy atom. The summed E-state index contributed by atoms with van der Waals surface area (Å²) in [7, 11) is -4.23. The van der Waals surface area contributed by atoms with Crippen LogP contribution in [-0.4, -0.2) is 42.7 Å². The molecule has 0 atom stereocenters. The fourth-order valence-corrected chi connectivity index (χ4v) is 6.10. The highest BCUT2D eigenvalue weighted by Crippen LogP contribution is 2.45. The fourth-order valence-electron chi connectivity index (χ4n) is 2.22. The van der Waals surface area contributed by atoms with Gasteiger partial charge in [0.2, 0.25) is 5.03 Å². The van der Waals surface area contributed by atoms with Crippen molar-refractivity contribution in [2.24, 2.45) is 0 Å². The van der Waals surface area contributed by atoms with Crippen LogP contribution < -0.4 is 4.18 Å². The second-order valence-corrected chi connectivity index (χ2v) is 9.22. The van der Waals surface area contributed by atoms with Crippen LogP contribution in [0.15, 0.2) is 35.5 Å². The first-order valence-electron chi connectivity index (χ1n) is 7.49. The van der Waals surface area contributed by atoms with Crippen LogP contribution in [0.25, 0.3) is 0 Å². The van der Waals surface area contributed by atoms with Crippen LogP contribution in [0.5, 0.6) is 5.75 Å². The van der Waals surface area contributed by atoms with Gasteiger partial charge in [-0.2, -0.15) is 13.5 Å². The first-order valence-corrected chi connectivity index (χ1v) is 11.0. The number of nitrogens with one attached hydrogen (secondary N) is 1. The zero-order chi connectivity index (χ0) is 17.9. The highest BCUT2D eigenvalue weighted by atomic mass is 32.2. The Kier molecular flexibility index (Phi) is 5.60. The number of carbonyl (C=O) groups excluding carboxylic acids is 1. The lowest BCUT2D eigenvalue weighted by atomic mass is 10.2. The highest BCUT2D eigenvalue weighted by molar-refractivity contribution is 8.19. The summed E-state index contributed by atoms with van der Waals surface area (Å²) in [5.41, 5.74) is 0.934. The molecule has 2 aromatic rings. The standard InChI is InChI=1S/C15H16N2O5S3/c1-2-21-14(18)12-9-16-17-13(12)25(19,20)22-11-5-3-10(4-6-11)15-23-7-8-24-15/h3-6,9,15H,2,7-8H2,1H3,(H,16,17). The molecule has 134 valence electrons. The molecule has 2 heterocycles. The third-order valence-electron chi connectivity index (χ3n) is 3.33. The van der Waals surface area contributed by atoms with Gasteiger partial charge < -0.3 is 8.92 Å². The molecule has 10 heteroatoms. The molecule has 0 radical (unpaired) electrons. The van der Waals surface area contributed by atoms with Crippen molar-refractivity contribution < 1.29 is 22.1 Å². The summed E-state index contributed by atoms with van der Waals surface area (Å²) in [5.74, 6) is 1.61. The predicted molar refractivity (Wildman–Crippen MR) is 96.5 cm³/mol. The van der Waals surface area contributed by atoms with E-state index in [0.717, 1.165) is 23.3 Å². The van der Waals surface area contributed by atoms with Crippen LogP contribution in [0, 0.1) is 0 Å². The van der Waals surface area contributed by atoms with Gasteiger partial charge in [0, 0.05) is 11.5 Å². The SMILES string of the molecule is CCOC(=O)c1cn[nH]c1S(=O)(=O)Oc1ccc(C2SCCS2)cc1. The summed E-state index contributed by atoms with van der Waals surface area (Å²) < 4.78 is 35.2. The van der Waals surface area contributed by atoms with Gasteiger partial charge >= 0.3 is 16.1 Å². The molecule has 1 aromatic heterocycles. The average Bonchev–Trinajstić information content (AvgIpc) is 3.27. The molecule has 3 rings (SSSR count). The number of ether oxygens (including phenoxy) is 1. The molecule has 1 N–H and O–H groups in total. The smallest absolute Gasteiger partial charge is 0.357 e. The van der Waals surface area contributed by atoms with E-state index in [1.165, 1.54) is 0 Å². The Bertz CT molecular complexity index is 842. The van der Waals surface area contributed by atoms with Crippen molar-refractivity contribution in [1.29, 1.82) is 0 Å². The first-order chi connectivity index (χ1) is 12.0. The number of rotatable bonds is 6. The molecule has 0 bridgehead atoms. The third kappa shape index (κ3) is 4.13. The molecule has 0 aliphatic carbocycles. The second-order valence-electron chi connectivity index (χ2n) is 5.01. The maximum absolute atomic E-state index is 12.4. The van der Waals surface area contributed by atoms with Crippen LogP contribution in [0.2, 0.25) is 0 Å². The molecule has 1 aromatic carbocycles. The number of hydrogen-bond donors (Lipinski definition) is 1. The van der Waals surface area contributed by atoms with Crippen LogP contribution >= 0.6 is 23.5 Å². The van der Waals surface area contributed by atoms with E-state index >= 15 is 0 Å². The summed E-state index contributed by atoms with van der Waals surface area (Å²) in [6.45, 7) is 1.76. The minimum atomic E-state index is -4.23. The molecule has 25 heavy (non-hydrogen) atoms. The molecule has 1 aliphatic heterocycles. The second kappa shape index (κ2) is 7.71. The summed E-state index contributed by atoms with van der Waals surface area (Å²) in [4.78, 5) is 11.8. The van der Waals surface area contributed by atoms with E-state index < -0.39 is 21.1 Å². The zero-order valence-electron chi connectivity index (χ0n) is 13.3. The quantitative estimate of drug-likeness (QED) is 0.584. The molecular weight excluding hydrogens is 384 g/mol. The van der Waals surface area contributed by atoms with E-state index in [2.05, 4.69) is 10.2 Å². The summed E-state index contributed by atoms with van der Waals surface area (Å²) in [6, 6.07) is 6.90. The van der Waals surface area contributed by atoms with Crippen molar-refractivity contribution in [3.05, 3.63) is 41.6 Å². The molecule has 1 aliphatic rings. The lowest BCUT2D eigenvalue weighted by molar-refractivity contribution is 0.0521. The maximum Gasteiger partial charge on any atom is 0.357 e. The molecule has 0 unspecified atom stereocenters. The van der Waals surface area contributed by atoms with Crippen molar-refractivity contribution in [3.8, 4) is 5.75 Å². The van der Waals surface area contributed by atoms with E-state index in [1.54, 1.807) is 19.1 Å². The Morgan fingerprint density at radius 2 is 1.96 bits per heavy atom. The Labute approximate surface area is 154 Å². The highest BCUT2D eigenvalue weighted by Gasteiger charge is 2.28. The summed E-state index contributed by atoms with van der Waals surface area (Å²) in [6.07, 6.45) is 1.10. The van der Waals surface area contributed by atoms with Crippen molar-refractivity contribution in [1.82, 2.24) is 10.2 Å². The van der Waals surface area contributed by atoms with Gasteiger partial charge in [0.1, 0.15) is 11.3 Å². The largest absolute Gasteiger partial charge is 0.462 e. The van der Waals surface area contributed by atoms with Crippen molar-refractivity contribution in [2.75, 3.05) is 18.1 Å². The fraction of sp³-hybridized carbons (Fsp3) is 0.333. The zero-order valence-corrected chi connectivity index (χ0v) is 15.7. The molecule has 7 nitrogen and oxygen atoms in total. The topological polar surface area (TPSA) is 98.4 Å². The molecular formula is C15H16N2O5S3. The van der Waals surface area contributed by atoms with Gasteiger partial charge in [-0.1, -0.05) is 12.1 Å². The van der Waals surface area contributed by atoms with E-state index in [1.807, 2.05) is 35.7 Å². The van der Waals surface area contributed by atoms with Gasteiger partial charge in [-0.3, -0.25) is 5.10 Å². The minimum absolute atomic E-state index is 0.128. The van der Waals surface area contributed by atoms with E-state index in [0.29, 0.717) is 4.58 Å². The van der Waals surface area contributed by atoms with Gasteiger partial charge in [0.15, 0.2) is 0 Å². The van der Waals surface area contributed by atoms with Crippen molar-refractivity contribution in [3.63, 3.8) is 0 Å². The lowest BCUT2D eigenvalue weighted by Crippen LogP contribution is -2.15. The monoisotopic (exact) mass is 400 g/mol. The maximum atomic E-state index is 12.4. The van der Waals surface area contributed by atoms with E-state index in [4.69, 9.17) is 8.92 Å². The molecule has 1 saturated heterocycles. The number of thioether (sulfide) groups is 2. The lowest BCUT2D eigenvalue weighted by Gasteiger charge is -2.10. The van der Waals surface area contributed by atoms with Crippen molar-refractivity contribution >= 4 is 39.6 Å². The average molecular weight is 401 g/mol. The van der Waals surface area contributed by atoms with Crippen LogP contribution in [0.1, 0.15) is 27.4 Å². The first kappa shape index (κ1) is 18.2.